The standard InChI is InChI=1S/2C14H14O2/c1-10(11-2-6-13(15)7-3-11)12-4-8-14(16)9-5-12;15-13-7-3-11(4-8-13)1-2-12-5-9-14(16)10-6-12/h2-10,15-16H,1H3;3-10,15-16H,1-2H2. The van der Waals surface area contributed by atoms with Gasteiger partial charge in [0.25, 0.3) is 0 Å². The summed E-state index contributed by atoms with van der Waals surface area (Å²) in [5.41, 5.74) is 4.68. The summed E-state index contributed by atoms with van der Waals surface area (Å²) >= 11 is 0. The van der Waals surface area contributed by atoms with Gasteiger partial charge in [-0.15, -0.1) is 0 Å². The molecule has 0 fully saturated rings. The molecule has 0 atom stereocenters. The van der Waals surface area contributed by atoms with Crippen molar-refractivity contribution in [2.24, 2.45) is 0 Å². The van der Waals surface area contributed by atoms with E-state index < -0.39 is 0 Å². The fourth-order valence-corrected chi connectivity index (χ4v) is 3.33. The number of benzene rings is 4. The van der Waals surface area contributed by atoms with Crippen molar-refractivity contribution < 1.29 is 20.4 Å². The molecule has 0 spiro atoms. The Morgan fingerprint density at radius 1 is 0.438 bits per heavy atom. The van der Waals surface area contributed by atoms with Crippen molar-refractivity contribution in [3.63, 3.8) is 0 Å². The van der Waals surface area contributed by atoms with Crippen LogP contribution in [0.5, 0.6) is 23.0 Å². The van der Waals surface area contributed by atoms with Crippen molar-refractivity contribution in [3.05, 3.63) is 119 Å². The molecule has 0 aliphatic rings. The molecule has 0 heterocycles. The van der Waals surface area contributed by atoms with Crippen LogP contribution in [0, 0.1) is 0 Å². The van der Waals surface area contributed by atoms with Gasteiger partial charge in [0.05, 0.1) is 0 Å². The molecule has 0 radical (unpaired) electrons. The van der Waals surface area contributed by atoms with Crippen LogP contribution in [0.3, 0.4) is 0 Å². The van der Waals surface area contributed by atoms with Gasteiger partial charge in [0.1, 0.15) is 23.0 Å². The summed E-state index contributed by atoms with van der Waals surface area (Å²) in [6.07, 6.45) is 1.87. The van der Waals surface area contributed by atoms with Gasteiger partial charge in [-0.05, 0) is 83.6 Å². The minimum Gasteiger partial charge on any atom is -0.508 e. The molecule has 4 nitrogen and oxygen atoms in total. The summed E-state index contributed by atoms with van der Waals surface area (Å²) in [7, 11) is 0. The molecule has 0 aromatic heterocycles. The van der Waals surface area contributed by atoms with Crippen LogP contribution < -0.4 is 0 Å². The van der Waals surface area contributed by atoms with Crippen LogP contribution in [-0.2, 0) is 12.8 Å². The van der Waals surface area contributed by atoms with Crippen LogP contribution in [0.15, 0.2) is 97.1 Å². The maximum absolute atomic E-state index is 9.21. The molecule has 0 unspecified atom stereocenters. The molecule has 0 saturated heterocycles. The highest BCUT2D eigenvalue weighted by Crippen LogP contribution is 2.26. The second-order valence-electron chi connectivity index (χ2n) is 7.74. The number of phenolic OH excluding ortho intramolecular Hbond substituents is 4. The topological polar surface area (TPSA) is 80.9 Å². The zero-order chi connectivity index (χ0) is 22.9. The maximum atomic E-state index is 9.21. The average molecular weight is 429 g/mol. The van der Waals surface area contributed by atoms with E-state index in [4.69, 9.17) is 10.2 Å². The van der Waals surface area contributed by atoms with E-state index in [2.05, 4.69) is 6.92 Å². The Morgan fingerprint density at radius 3 is 0.969 bits per heavy atom. The molecule has 4 N–H and O–H groups in total. The molecular formula is C28H28O4. The van der Waals surface area contributed by atoms with Gasteiger partial charge in [0.2, 0.25) is 0 Å². The van der Waals surface area contributed by atoms with E-state index in [1.165, 1.54) is 11.1 Å². The minimum atomic E-state index is 0.251. The van der Waals surface area contributed by atoms with E-state index in [-0.39, 0.29) is 17.4 Å². The fourth-order valence-electron chi connectivity index (χ4n) is 3.33. The Kier molecular flexibility index (Phi) is 7.76. The van der Waals surface area contributed by atoms with E-state index in [0.29, 0.717) is 11.5 Å². The third kappa shape index (κ3) is 6.81. The summed E-state index contributed by atoms with van der Waals surface area (Å²) < 4.78 is 0. The van der Waals surface area contributed by atoms with E-state index in [0.717, 1.165) is 24.0 Å². The van der Waals surface area contributed by atoms with Gasteiger partial charge in [-0.2, -0.15) is 0 Å². The van der Waals surface area contributed by atoms with Crippen LogP contribution in [0.1, 0.15) is 35.1 Å². The van der Waals surface area contributed by atoms with E-state index in [1.54, 1.807) is 48.5 Å². The lowest BCUT2D eigenvalue weighted by atomic mass is 9.93. The van der Waals surface area contributed by atoms with Crippen molar-refractivity contribution >= 4 is 0 Å². The van der Waals surface area contributed by atoms with E-state index in [1.807, 2.05) is 48.5 Å². The Hall–Kier alpha value is -3.92. The Labute approximate surface area is 188 Å². The lowest BCUT2D eigenvalue weighted by Crippen LogP contribution is -1.94. The largest absolute Gasteiger partial charge is 0.508 e. The summed E-state index contributed by atoms with van der Waals surface area (Å²) in [6.45, 7) is 2.10. The first kappa shape index (κ1) is 22.8. The monoisotopic (exact) mass is 428 g/mol. The van der Waals surface area contributed by atoms with Gasteiger partial charge in [-0.1, -0.05) is 55.5 Å². The van der Waals surface area contributed by atoms with Gasteiger partial charge in [0.15, 0.2) is 0 Å². The van der Waals surface area contributed by atoms with Crippen LogP contribution in [0.25, 0.3) is 0 Å². The van der Waals surface area contributed by atoms with Crippen molar-refractivity contribution in [2.45, 2.75) is 25.7 Å². The van der Waals surface area contributed by atoms with Gasteiger partial charge in [-0.25, -0.2) is 0 Å². The van der Waals surface area contributed by atoms with Gasteiger partial charge >= 0.3 is 0 Å². The van der Waals surface area contributed by atoms with Crippen molar-refractivity contribution in [2.75, 3.05) is 0 Å². The highest BCUT2D eigenvalue weighted by atomic mass is 16.3. The molecule has 4 heteroatoms. The fraction of sp³-hybridized carbons (Fsp3) is 0.143. The normalized spacial score (nSPS) is 10.4. The van der Waals surface area contributed by atoms with Gasteiger partial charge < -0.3 is 20.4 Å². The molecule has 0 aliphatic carbocycles. The summed E-state index contributed by atoms with van der Waals surface area (Å²) in [5, 5.41) is 36.7. The zero-order valence-corrected chi connectivity index (χ0v) is 18.0. The third-order valence-corrected chi connectivity index (χ3v) is 5.36. The maximum Gasteiger partial charge on any atom is 0.115 e. The van der Waals surface area contributed by atoms with Crippen LogP contribution in [0.4, 0.5) is 0 Å². The van der Waals surface area contributed by atoms with Crippen molar-refractivity contribution in [1.29, 1.82) is 0 Å². The van der Waals surface area contributed by atoms with Crippen LogP contribution in [0.2, 0.25) is 0 Å². The highest BCUT2D eigenvalue weighted by molar-refractivity contribution is 5.37. The molecular weight excluding hydrogens is 400 g/mol. The molecule has 32 heavy (non-hydrogen) atoms. The lowest BCUT2D eigenvalue weighted by molar-refractivity contribution is 0.474. The average Bonchev–Trinajstić information content (AvgIpc) is 2.81. The van der Waals surface area contributed by atoms with E-state index >= 15 is 0 Å². The number of rotatable bonds is 5. The van der Waals surface area contributed by atoms with E-state index in [9.17, 15) is 10.2 Å². The van der Waals surface area contributed by atoms with Gasteiger partial charge in [0, 0.05) is 5.92 Å². The predicted octanol–water partition coefficient (Wildman–Crippen LogP) is 6.13. The summed E-state index contributed by atoms with van der Waals surface area (Å²) in [6, 6.07) is 28.9. The second kappa shape index (κ2) is 10.9. The molecule has 0 aliphatic heterocycles. The Bertz CT molecular complexity index is 993. The predicted molar refractivity (Wildman–Crippen MR) is 127 cm³/mol. The number of hydrogen-bond donors (Lipinski definition) is 4. The van der Waals surface area contributed by atoms with Crippen molar-refractivity contribution in [1.82, 2.24) is 0 Å². The lowest BCUT2D eigenvalue weighted by Gasteiger charge is -2.12. The number of aryl methyl sites for hydroxylation is 2. The first-order chi connectivity index (χ1) is 15.4. The summed E-state index contributed by atoms with van der Waals surface area (Å²) in [5.74, 6) is 1.41. The van der Waals surface area contributed by atoms with Gasteiger partial charge in [-0.3, -0.25) is 0 Å². The first-order valence-corrected chi connectivity index (χ1v) is 10.5. The number of phenols is 4. The van der Waals surface area contributed by atoms with Crippen molar-refractivity contribution in [3.8, 4) is 23.0 Å². The molecule has 4 aromatic rings. The highest BCUT2D eigenvalue weighted by Gasteiger charge is 2.08. The zero-order valence-electron chi connectivity index (χ0n) is 18.0. The Balaban J connectivity index is 0.000000181. The number of aromatic hydroxyl groups is 4. The molecule has 0 amide bonds. The molecule has 0 bridgehead atoms. The SMILES string of the molecule is CC(c1ccc(O)cc1)c1ccc(O)cc1.Oc1ccc(CCc2ccc(O)cc2)cc1. The smallest absolute Gasteiger partial charge is 0.115 e. The minimum absolute atomic E-state index is 0.251. The Morgan fingerprint density at radius 2 is 0.688 bits per heavy atom. The molecule has 4 rings (SSSR count). The van der Waals surface area contributed by atoms with Crippen LogP contribution >= 0.6 is 0 Å². The van der Waals surface area contributed by atoms with Crippen LogP contribution in [-0.4, -0.2) is 20.4 Å². The number of hydrogen-bond acceptors (Lipinski definition) is 4. The second-order valence-corrected chi connectivity index (χ2v) is 7.74. The molecule has 0 saturated carbocycles. The third-order valence-electron chi connectivity index (χ3n) is 5.36. The first-order valence-electron chi connectivity index (χ1n) is 10.5. The molecule has 164 valence electrons. The molecule has 4 aromatic carbocycles. The summed E-state index contributed by atoms with van der Waals surface area (Å²) in [4.78, 5) is 0. The quantitative estimate of drug-likeness (QED) is 0.308.